The number of benzene rings is 2. The Hall–Kier alpha value is -3.16. The molecule has 0 aliphatic carbocycles. The molecule has 5 rings (SSSR count). The summed E-state index contributed by atoms with van der Waals surface area (Å²) in [5, 5.41) is 15.0. The van der Waals surface area contributed by atoms with Crippen molar-refractivity contribution in [2.45, 2.75) is 26.3 Å². The third-order valence-electron chi connectivity index (χ3n) is 6.36. The molecule has 0 bridgehead atoms. The molecule has 33 heavy (non-hydrogen) atoms. The fourth-order valence-electron chi connectivity index (χ4n) is 4.56. The zero-order valence-electron chi connectivity index (χ0n) is 18.7. The average Bonchev–Trinajstić information content (AvgIpc) is 3.28. The van der Waals surface area contributed by atoms with E-state index in [1.165, 1.54) is 0 Å². The number of rotatable bonds is 5. The summed E-state index contributed by atoms with van der Waals surface area (Å²) >= 11 is 0. The highest BCUT2D eigenvalue weighted by atomic mass is 19.1. The maximum atomic E-state index is 15.1. The molecule has 3 heterocycles. The first-order chi connectivity index (χ1) is 16.2. The van der Waals surface area contributed by atoms with Gasteiger partial charge < -0.3 is 15.2 Å². The van der Waals surface area contributed by atoms with Gasteiger partial charge in [-0.2, -0.15) is 0 Å². The third kappa shape index (κ3) is 4.26. The van der Waals surface area contributed by atoms with Gasteiger partial charge in [-0.3, -0.25) is 0 Å². The molecule has 170 valence electrons. The molecule has 0 fully saturated rings. The predicted octanol–water partition coefficient (Wildman–Crippen LogP) is 4.66. The molecule has 1 aromatic heterocycles. The molecule has 0 saturated carbocycles. The van der Waals surface area contributed by atoms with Gasteiger partial charge in [0.2, 0.25) is 0 Å². The van der Waals surface area contributed by atoms with Gasteiger partial charge in [0.05, 0.1) is 11.1 Å². The van der Waals surface area contributed by atoms with Gasteiger partial charge in [-0.15, -0.1) is 10.2 Å². The zero-order chi connectivity index (χ0) is 22.8. The standard InChI is InChI=1S/C26H27F2N5/c1-2-33-25(21-5-3-19(15-23(21)27)17-7-11-29-12-8-17)31-32-26(33)22-6-4-20(16-24(22)28)18-9-13-30-14-10-18/h3-7,9,15-16,29-30H,2,8,10-14H2,1H3. The first-order valence-corrected chi connectivity index (χ1v) is 11.5. The van der Waals surface area contributed by atoms with E-state index in [9.17, 15) is 0 Å². The van der Waals surface area contributed by atoms with Crippen LogP contribution >= 0.6 is 0 Å². The summed E-state index contributed by atoms with van der Waals surface area (Å²) in [4.78, 5) is 0. The Morgan fingerprint density at radius 3 is 1.64 bits per heavy atom. The fraction of sp³-hybridized carbons (Fsp3) is 0.308. The van der Waals surface area contributed by atoms with Gasteiger partial charge in [0.25, 0.3) is 0 Å². The highest BCUT2D eigenvalue weighted by Crippen LogP contribution is 2.31. The van der Waals surface area contributed by atoms with Crippen LogP contribution in [0.15, 0.2) is 48.6 Å². The maximum absolute atomic E-state index is 15.1. The normalized spacial score (nSPS) is 16.5. The molecule has 2 aliphatic rings. The number of nitrogens with one attached hydrogen (secondary N) is 2. The van der Waals surface area contributed by atoms with E-state index >= 15 is 8.78 Å². The van der Waals surface area contributed by atoms with E-state index in [1.807, 2.05) is 19.1 Å². The summed E-state index contributed by atoms with van der Waals surface area (Å²) < 4.78 is 32.1. The summed E-state index contributed by atoms with van der Waals surface area (Å²) in [6.45, 7) is 5.79. The van der Waals surface area contributed by atoms with E-state index in [1.54, 1.807) is 28.8 Å². The number of aromatic nitrogens is 3. The van der Waals surface area contributed by atoms with Crippen LogP contribution in [0.1, 0.15) is 30.9 Å². The van der Waals surface area contributed by atoms with Crippen LogP contribution in [0.5, 0.6) is 0 Å². The van der Waals surface area contributed by atoms with E-state index in [2.05, 4.69) is 33.0 Å². The number of nitrogens with zero attached hydrogens (tertiary/aromatic N) is 3. The molecule has 3 aromatic rings. The predicted molar refractivity (Wildman–Crippen MR) is 127 cm³/mol. The summed E-state index contributed by atoms with van der Waals surface area (Å²) in [5.41, 5.74) is 4.78. The Kier molecular flexibility index (Phi) is 6.15. The average molecular weight is 448 g/mol. The van der Waals surface area contributed by atoms with Crippen LogP contribution in [0.4, 0.5) is 8.78 Å². The van der Waals surface area contributed by atoms with Crippen LogP contribution in [0.25, 0.3) is 33.9 Å². The molecule has 5 nitrogen and oxygen atoms in total. The number of hydrogen-bond donors (Lipinski definition) is 2. The highest BCUT2D eigenvalue weighted by molar-refractivity contribution is 5.72. The van der Waals surface area contributed by atoms with Crippen molar-refractivity contribution in [2.24, 2.45) is 0 Å². The largest absolute Gasteiger partial charge is 0.313 e. The quantitative estimate of drug-likeness (QED) is 0.597. The number of halogens is 2. The lowest BCUT2D eigenvalue weighted by Crippen LogP contribution is -2.20. The van der Waals surface area contributed by atoms with E-state index in [0.29, 0.717) is 29.3 Å². The van der Waals surface area contributed by atoms with Gasteiger partial charge >= 0.3 is 0 Å². The fourth-order valence-corrected chi connectivity index (χ4v) is 4.56. The molecule has 7 heteroatoms. The maximum Gasteiger partial charge on any atom is 0.167 e. The van der Waals surface area contributed by atoms with Crippen molar-refractivity contribution in [3.63, 3.8) is 0 Å². The molecule has 2 aliphatic heterocycles. The van der Waals surface area contributed by atoms with Crippen molar-refractivity contribution < 1.29 is 8.78 Å². The van der Waals surface area contributed by atoms with E-state index in [-0.39, 0.29) is 11.6 Å². The van der Waals surface area contributed by atoms with Crippen LogP contribution < -0.4 is 10.6 Å². The Balaban J connectivity index is 1.49. The lowest BCUT2D eigenvalue weighted by molar-refractivity contribution is 0.624. The molecule has 0 unspecified atom stereocenters. The SMILES string of the molecule is CCn1c(-c2ccc(C3=CCNCC3)cc2F)nnc1-c1ccc(C2=CCNCC2)cc1F. The van der Waals surface area contributed by atoms with Crippen molar-refractivity contribution in [1.82, 2.24) is 25.4 Å². The summed E-state index contributed by atoms with van der Waals surface area (Å²) in [7, 11) is 0. The molecule has 0 amide bonds. The topological polar surface area (TPSA) is 54.8 Å². The first kappa shape index (κ1) is 21.7. The second kappa shape index (κ2) is 9.37. The van der Waals surface area contributed by atoms with Crippen molar-refractivity contribution >= 4 is 11.1 Å². The van der Waals surface area contributed by atoms with Crippen molar-refractivity contribution in [2.75, 3.05) is 26.2 Å². The molecule has 0 saturated heterocycles. The van der Waals surface area contributed by atoms with Crippen molar-refractivity contribution in [3.05, 3.63) is 71.3 Å². The summed E-state index contributed by atoms with van der Waals surface area (Å²) in [6, 6.07) is 10.5. The Bertz CT molecular complexity index is 1150. The van der Waals surface area contributed by atoms with Gasteiger partial charge in [0.15, 0.2) is 11.6 Å². The highest BCUT2D eigenvalue weighted by Gasteiger charge is 2.21. The third-order valence-corrected chi connectivity index (χ3v) is 6.36. The molecule has 0 spiro atoms. The monoisotopic (exact) mass is 447 g/mol. The lowest BCUT2D eigenvalue weighted by atomic mass is 9.98. The van der Waals surface area contributed by atoms with Crippen LogP contribution in [-0.2, 0) is 6.54 Å². The second-order valence-electron chi connectivity index (χ2n) is 8.35. The molecule has 0 atom stereocenters. The molecule has 0 radical (unpaired) electrons. The minimum atomic E-state index is -0.353. The van der Waals surface area contributed by atoms with Crippen LogP contribution in [-0.4, -0.2) is 40.9 Å². The summed E-state index contributed by atoms with van der Waals surface area (Å²) in [6.07, 6.45) is 5.93. The van der Waals surface area contributed by atoms with E-state index in [4.69, 9.17) is 0 Å². The lowest BCUT2D eigenvalue weighted by Gasteiger charge is -2.16. The van der Waals surface area contributed by atoms with Gasteiger partial charge in [0, 0.05) is 19.6 Å². The van der Waals surface area contributed by atoms with Crippen LogP contribution in [0.3, 0.4) is 0 Å². The van der Waals surface area contributed by atoms with Gasteiger partial charge in [-0.05, 0) is 79.4 Å². The second-order valence-corrected chi connectivity index (χ2v) is 8.35. The zero-order valence-corrected chi connectivity index (χ0v) is 18.7. The smallest absolute Gasteiger partial charge is 0.167 e. The van der Waals surface area contributed by atoms with Crippen LogP contribution in [0.2, 0.25) is 0 Å². The van der Waals surface area contributed by atoms with Gasteiger partial charge in [-0.1, -0.05) is 24.3 Å². The van der Waals surface area contributed by atoms with Gasteiger partial charge in [-0.25, -0.2) is 8.78 Å². The molecule has 2 aromatic carbocycles. The molecular formula is C26H27F2N5. The van der Waals surface area contributed by atoms with Gasteiger partial charge in [0.1, 0.15) is 11.6 Å². The Labute approximate surface area is 192 Å². The summed E-state index contributed by atoms with van der Waals surface area (Å²) in [5.74, 6) is 0.101. The minimum Gasteiger partial charge on any atom is -0.313 e. The van der Waals surface area contributed by atoms with E-state index < -0.39 is 0 Å². The minimum absolute atomic E-state index is 0.353. The number of hydrogen-bond acceptors (Lipinski definition) is 4. The molecular weight excluding hydrogens is 420 g/mol. The molecule has 2 N–H and O–H groups in total. The van der Waals surface area contributed by atoms with Crippen molar-refractivity contribution in [1.29, 1.82) is 0 Å². The Morgan fingerprint density at radius 1 is 0.788 bits per heavy atom. The van der Waals surface area contributed by atoms with Crippen molar-refractivity contribution in [3.8, 4) is 22.8 Å². The Morgan fingerprint density at radius 2 is 1.27 bits per heavy atom. The first-order valence-electron chi connectivity index (χ1n) is 11.5. The van der Waals surface area contributed by atoms with E-state index in [0.717, 1.165) is 61.3 Å². The van der Waals surface area contributed by atoms with Crippen LogP contribution in [0, 0.1) is 11.6 Å².